The standard InChI is InChI=1S/C28H31Cl2N3O5S/c1-4-17-31-28(35)20(2)32(18-22-23(29)13-10-14-24(22)30)27(34)19-33(25-15-8-9-16-26(25)38-3)39(36,37)21-11-6-5-7-12-21/h5-16,20H,4,17-19H2,1-3H3,(H,31,35)/t20-/m1/s1. The Hall–Kier alpha value is -3.27. The number of carbonyl (C=O) groups excluding carboxylic acids is 2. The molecule has 11 heteroatoms. The minimum atomic E-state index is -4.21. The van der Waals surface area contributed by atoms with Crippen molar-refractivity contribution < 1.29 is 22.7 Å². The van der Waals surface area contributed by atoms with Gasteiger partial charge in [-0.3, -0.25) is 13.9 Å². The number of methoxy groups -OCH3 is 1. The maximum Gasteiger partial charge on any atom is 0.264 e. The van der Waals surface area contributed by atoms with Crippen molar-refractivity contribution in [2.45, 2.75) is 37.8 Å². The summed E-state index contributed by atoms with van der Waals surface area (Å²) in [6.07, 6.45) is 0.708. The molecule has 39 heavy (non-hydrogen) atoms. The number of sulfonamides is 1. The van der Waals surface area contributed by atoms with Crippen molar-refractivity contribution in [2.75, 3.05) is 24.5 Å². The number of hydrogen-bond donors (Lipinski definition) is 1. The summed E-state index contributed by atoms with van der Waals surface area (Å²) in [6.45, 7) is 3.20. The Morgan fingerprint density at radius 2 is 1.56 bits per heavy atom. The molecule has 3 aromatic rings. The summed E-state index contributed by atoms with van der Waals surface area (Å²) in [5.41, 5.74) is 0.620. The van der Waals surface area contributed by atoms with E-state index < -0.39 is 28.5 Å². The van der Waals surface area contributed by atoms with Gasteiger partial charge >= 0.3 is 0 Å². The number of ether oxygens (including phenoxy) is 1. The predicted octanol–water partition coefficient (Wildman–Crippen LogP) is 5.14. The van der Waals surface area contributed by atoms with Crippen LogP contribution in [0.25, 0.3) is 0 Å². The summed E-state index contributed by atoms with van der Waals surface area (Å²) in [7, 11) is -2.79. The summed E-state index contributed by atoms with van der Waals surface area (Å²) in [5.74, 6) is -0.752. The Balaban J connectivity index is 2.08. The van der Waals surface area contributed by atoms with E-state index in [2.05, 4.69) is 5.32 Å². The molecule has 1 atom stereocenters. The molecule has 0 radical (unpaired) electrons. The van der Waals surface area contributed by atoms with Crippen LogP contribution in [-0.2, 0) is 26.2 Å². The Bertz CT molecular complexity index is 1380. The Labute approximate surface area is 239 Å². The average Bonchev–Trinajstić information content (AvgIpc) is 2.94. The average molecular weight is 593 g/mol. The third kappa shape index (κ3) is 7.23. The Morgan fingerprint density at radius 3 is 2.18 bits per heavy atom. The number of para-hydroxylation sites is 2. The lowest BCUT2D eigenvalue weighted by Crippen LogP contribution is -2.51. The fourth-order valence-electron chi connectivity index (χ4n) is 3.90. The quantitative estimate of drug-likeness (QED) is 0.314. The van der Waals surface area contributed by atoms with E-state index in [1.165, 1.54) is 24.1 Å². The van der Waals surface area contributed by atoms with Crippen LogP contribution in [0.1, 0.15) is 25.8 Å². The van der Waals surface area contributed by atoms with Gasteiger partial charge in [0, 0.05) is 28.7 Å². The Morgan fingerprint density at radius 1 is 0.949 bits per heavy atom. The second kappa shape index (κ2) is 13.7. The van der Waals surface area contributed by atoms with E-state index in [9.17, 15) is 18.0 Å². The number of amides is 2. The monoisotopic (exact) mass is 591 g/mol. The zero-order valence-corrected chi connectivity index (χ0v) is 24.3. The van der Waals surface area contributed by atoms with Crippen LogP contribution < -0.4 is 14.4 Å². The molecule has 2 amide bonds. The first-order valence-electron chi connectivity index (χ1n) is 12.3. The smallest absolute Gasteiger partial charge is 0.264 e. The van der Waals surface area contributed by atoms with Gasteiger partial charge in [-0.25, -0.2) is 8.42 Å². The molecule has 1 N–H and O–H groups in total. The highest BCUT2D eigenvalue weighted by Gasteiger charge is 2.34. The molecular weight excluding hydrogens is 561 g/mol. The molecular formula is C28H31Cl2N3O5S. The summed E-state index contributed by atoms with van der Waals surface area (Å²) >= 11 is 12.8. The van der Waals surface area contributed by atoms with E-state index in [1.54, 1.807) is 67.6 Å². The molecule has 3 rings (SSSR count). The number of carbonyl (C=O) groups is 2. The van der Waals surface area contributed by atoms with Crippen molar-refractivity contribution >= 4 is 50.7 Å². The molecule has 0 aliphatic heterocycles. The zero-order chi connectivity index (χ0) is 28.6. The highest BCUT2D eigenvalue weighted by atomic mass is 35.5. The lowest BCUT2D eigenvalue weighted by molar-refractivity contribution is -0.139. The molecule has 0 saturated carbocycles. The van der Waals surface area contributed by atoms with Crippen molar-refractivity contribution in [2.24, 2.45) is 0 Å². The molecule has 0 fully saturated rings. The van der Waals surface area contributed by atoms with E-state index in [1.807, 2.05) is 6.92 Å². The first-order valence-corrected chi connectivity index (χ1v) is 14.5. The SMILES string of the molecule is CCCNC(=O)[C@@H](C)N(Cc1c(Cl)cccc1Cl)C(=O)CN(c1ccccc1OC)S(=O)(=O)c1ccccc1. The van der Waals surface area contributed by atoms with Gasteiger partial charge in [-0.2, -0.15) is 0 Å². The lowest BCUT2D eigenvalue weighted by atomic mass is 10.1. The Kier molecular flexibility index (Phi) is 10.6. The van der Waals surface area contributed by atoms with Gasteiger partial charge < -0.3 is 15.0 Å². The fraction of sp³-hybridized carbons (Fsp3) is 0.286. The first-order chi connectivity index (χ1) is 18.6. The number of halogens is 2. The zero-order valence-electron chi connectivity index (χ0n) is 21.9. The van der Waals surface area contributed by atoms with Crippen molar-refractivity contribution in [3.05, 3.63) is 88.4 Å². The fourth-order valence-corrected chi connectivity index (χ4v) is 5.86. The number of nitrogens with one attached hydrogen (secondary N) is 1. The van der Waals surface area contributed by atoms with Gasteiger partial charge in [0.25, 0.3) is 10.0 Å². The second-order valence-electron chi connectivity index (χ2n) is 8.69. The highest BCUT2D eigenvalue weighted by molar-refractivity contribution is 7.92. The van der Waals surface area contributed by atoms with Gasteiger partial charge in [-0.1, -0.05) is 66.5 Å². The van der Waals surface area contributed by atoms with Gasteiger partial charge in [-0.05, 0) is 49.7 Å². The largest absolute Gasteiger partial charge is 0.495 e. The van der Waals surface area contributed by atoms with Crippen LogP contribution in [0.2, 0.25) is 10.0 Å². The second-order valence-corrected chi connectivity index (χ2v) is 11.4. The predicted molar refractivity (Wildman–Crippen MR) is 154 cm³/mol. The summed E-state index contributed by atoms with van der Waals surface area (Å²) < 4.78 is 34.1. The van der Waals surface area contributed by atoms with Crippen LogP contribution in [0.3, 0.4) is 0 Å². The third-order valence-corrected chi connectivity index (χ3v) is 8.55. The maximum atomic E-state index is 14.0. The number of benzene rings is 3. The molecule has 3 aromatic carbocycles. The van der Waals surface area contributed by atoms with Crippen LogP contribution in [-0.4, -0.2) is 51.4 Å². The molecule has 0 saturated heterocycles. The third-order valence-electron chi connectivity index (χ3n) is 6.07. The molecule has 208 valence electrons. The van der Waals surface area contributed by atoms with Gasteiger partial charge in [0.1, 0.15) is 18.3 Å². The van der Waals surface area contributed by atoms with E-state index in [-0.39, 0.29) is 28.8 Å². The number of rotatable bonds is 12. The van der Waals surface area contributed by atoms with Gasteiger partial charge in [0.2, 0.25) is 11.8 Å². The van der Waals surface area contributed by atoms with Crippen LogP contribution in [0.5, 0.6) is 5.75 Å². The normalized spacial score (nSPS) is 11.9. The molecule has 8 nitrogen and oxygen atoms in total. The topological polar surface area (TPSA) is 96.0 Å². The van der Waals surface area contributed by atoms with Crippen molar-refractivity contribution in [3.63, 3.8) is 0 Å². The molecule has 0 bridgehead atoms. The van der Waals surface area contributed by atoms with Crippen molar-refractivity contribution in [3.8, 4) is 5.75 Å². The van der Waals surface area contributed by atoms with Crippen molar-refractivity contribution in [1.82, 2.24) is 10.2 Å². The van der Waals surface area contributed by atoms with Crippen LogP contribution in [0.15, 0.2) is 77.7 Å². The summed E-state index contributed by atoms with van der Waals surface area (Å²) in [6, 6.07) is 18.3. The molecule has 0 aliphatic carbocycles. The van der Waals surface area contributed by atoms with Gasteiger partial charge in [-0.15, -0.1) is 0 Å². The lowest BCUT2D eigenvalue weighted by Gasteiger charge is -2.32. The summed E-state index contributed by atoms with van der Waals surface area (Å²) in [5, 5.41) is 3.43. The molecule has 0 heterocycles. The van der Waals surface area contributed by atoms with E-state index in [0.717, 1.165) is 4.31 Å². The number of anilines is 1. The van der Waals surface area contributed by atoms with E-state index in [4.69, 9.17) is 27.9 Å². The number of hydrogen-bond acceptors (Lipinski definition) is 5. The molecule has 0 unspecified atom stereocenters. The van der Waals surface area contributed by atoms with Crippen LogP contribution in [0, 0.1) is 0 Å². The van der Waals surface area contributed by atoms with Gasteiger partial charge in [0.15, 0.2) is 0 Å². The number of nitrogens with zero attached hydrogens (tertiary/aromatic N) is 2. The first kappa shape index (κ1) is 30.3. The van der Waals surface area contributed by atoms with E-state index >= 15 is 0 Å². The van der Waals surface area contributed by atoms with E-state index in [0.29, 0.717) is 28.6 Å². The van der Waals surface area contributed by atoms with Crippen molar-refractivity contribution in [1.29, 1.82) is 0 Å². The molecule has 0 spiro atoms. The minimum absolute atomic E-state index is 0.00172. The molecule has 0 aliphatic rings. The highest BCUT2D eigenvalue weighted by Crippen LogP contribution is 2.33. The van der Waals surface area contributed by atoms with Crippen LogP contribution in [0.4, 0.5) is 5.69 Å². The molecule has 0 aromatic heterocycles. The summed E-state index contributed by atoms with van der Waals surface area (Å²) in [4.78, 5) is 28.2. The van der Waals surface area contributed by atoms with Crippen LogP contribution >= 0.6 is 23.2 Å². The maximum absolute atomic E-state index is 14.0. The minimum Gasteiger partial charge on any atom is -0.495 e. The van der Waals surface area contributed by atoms with Gasteiger partial charge in [0.05, 0.1) is 17.7 Å².